The lowest BCUT2D eigenvalue weighted by atomic mass is 10.2. The van der Waals surface area contributed by atoms with E-state index < -0.39 is 0 Å². The molecule has 1 N–H and O–H groups in total. The zero-order chi connectivity index (χ0) is 8.10. The van der Waals surface area contributed by atoms with Gasteiger partial charge in [-0.2, -0.15) is 5.26 Å². The normalized spacial score (nSPS) is 8.92. The van der Waals surface area contributed by atoms with Gasteiger partial charge in [0.25, 0.3) is 0 Å². The van der Waals surface area contributed by atoms with Crippen molar-refractivity contribution in [3.8, 4) is 6.07 Å². The molecule has 3 nitrogen and oxygen atoms in total. The molecule has 3 heteroatoms. The molecule has 0 bridgehead atoms. The molecule has 1 aromatic rings. The van der Waals surface area contributed by atoms with Crippen LogP contribution in [-0.2, 0) is 0 Å². The third-order valence-corrected chi connectivity index (χ3v) is 1.25. The Morgan fingerprint density at radius 1 is 1.33 bits per heavy atom. The summed E-state index contributed by atoms with van der Waals surface area (Å²) < 4.78 is 0. The minimum absolute atomic E-state index is 0. The summed E-state index contributed by atoms with van der Waals surface area (Å²) in [5.74, 6) is 0. The Morgan fingerprint density at radius 2 is 1.92 bits per heavy atom. The molecule has 0 aromatic heterocycles. The van der Waals surface area contributed by atoms with E-state index in [1.807, 2.05) is 6.07 Å². The van der Waals surface area contributed by atoms with E-state index in [1.54, 1.807) is 24.3 Å². The second-order valence-corrected chi connectivity index (χ2v) is 1.98. The number of rotatable bonds is 1. The molecule has 0 radical (unpaired) electrons. The molecule has 12 heavy (non-hydrogen) atoms. The third kappa shape index (κ3) is 2.43. The number of hydrogen-bond donors (Lipinski definition) is 1. The van der Waals surface area contributed by atoms with Crippen LogP contribution in [0.1, 0.15) is 18.6 Å². The summed E-state index contributed by atoms with van der Waals surface area (Å²) in [5, 5.41) is 19.4. The van der Waals surface area contributed by atoms with Crippen molar-refractivity contribution in [1.82, 2.24) is 0 Å². The first-order chi connectivity index (χ1) is 5.36. The molecule has 0 amide bonds. The molecule has 0 aliphatic rings. The maximum absolute atomic E-state index is 8.43. The highest BCUT2D eigenvalue weighted by Crippen LogP contribution is 1.99. The summed E-state index contributed by atoms with van der Waals surface area (Å²) in [6.45, 7) is 0. The first kappa shape index (κ1) is 10.2. The molecular weight excluding hydrogens is 152 g/mol. The van der Waals surface area contributed by atoms with Crippen molar-refractivity contribution in [2.45, 2.75) is 7.43 Å². The SMILES string of the molecule is C.N#Cc1ccc(/C=N/O)cc1. The Bertz CT molecular complexity index is 295. The minimum atomic E-state index is 0. The van der Waals surface area contributed by atoms with Crippen LogP contribution >= 0.6 is 0 Å². The van der Waals surface area contributed by atoms with Crippen LogP contribution in [0.5, 0.6) is 0 Å². The van der Waals surface area contributed by atoms with Crippen LogP contribution < -0.4 is 0 Å². The second-order valence-electron chi connectivity index (χ2n) is 1.98. The van der Waals surface area contributed by atoms with Gasteiger partial charge in [0.15, 0.2) is 0 Å². The maximum Gasteiger partial charge on any atom is 0.0991 e. The third-order valence-electron chi connectivity index (χ3n) is 1.25. The van der Waals surface area contributed by atoms with Crippen molar-refractivity contribution in [2.75, 3.05) is 0 Å². The van der Waals surface area contributed by atoms with Crippen molar-refractivity contribution >= 4 is 6.21 Å². The van der Waals surface area contributed by atoms with Crippen LogP contribution in [0.3, 0.4) is 0 Å². The molecule has 0 unspecified atom stereocenters. The molecule has 62 valence electrons. The van der Waals surface area contributed by atoms with Crippen LogP contribution in [0, 0.1) is 11.3 Å². The molecule has 0 saturated carbocycles. The summed E-state index contributed by atoms with van der Waals surface area (Å²) in [6.07, 6.45) is 1.31. The number of oxime groups is 1. The Balaban J connectivity index is 0.00000121. The number of hydrogen-bond acceptors (Lipinski definition) is 3. The van der Waals surface area contributed by atoms with Crippen molar-refractivity contribution < 1.29 is 5.21 Å². The predicted molar refractivity (Wildman–Crippen MR) is 47.3 cm³/mol. The van der Waals surface area contributed by atoms with Gasteiger partial charge in [-0.15, -0.1) is 0 Å². The fraction of sp³-hybridized carbons (Fsp3) is 0.111. The average molecular weight is 162 g/mol. The van der Waals surface area contributed by atoms with Gasteiger partial charge in [-0.1, -0.05) is 24.7 Å². The first-order valence-corrected chi connectivity index (χ1v) is 3.04. The number of nitrogens with zero attached hydrogens (tertiary/aromatic N) is 2. The summed E-state index contributed by atoms with van der Waals surface area (Å²) in [7, 11) is 0. The molecule has 0 saturated heterocycles. The van der Waals surface area contributed by atoms with Gasteiger partial charge >= 0.3 is 0 Å². The molecule has 0 fully saturated rings. The van der Waals surface area contributed by atoms with E-state index >= 15 is 0 Å². The van der Waals surface area contributed by atoms with Crippen LogP contribution in [0.25, 0.3) is 0 Å². The van der Waals surface area contributed by atoms with E-state index in [9.17, 15) is 0 Å². The zero-order valence-electron chi connectivity index (χ0n) is 5.73. The molecule has 0 atom stereocenters. The Hall–Kier alpha value is -1.82. The monoisotopic (exact) mass is 162 g/mol. The van der Waals surface area contributed by atoms with E-state index in [2.05, 4.69) is 5.16 Å². The van der Waals surface area contributed by atoms with E-state index in [0.29, 0.717) is 5.56 Å². The van der Waals surface area contributed by atoms with Crippen LogP contribution in [-0.4, -0.2) is 11.4 Å². The van der Waals surface area contributed by atoms with E-state index in [0.717, 1.165) is 5.56 Å². The molecule has 0 aliphatic carbocycles. The molecule has 0 spiro atoms. The Morgan fingerprint density at radius 3 is 2.33 bits per heavy atom. The van der Waals surface area contributed by atoms with E-state index in [-0.39, 0.29) is 7.43 Å². The fourth-order valence-electron chi connectivity index (χ4n) is 0.710. The highest BCUT2D eigenvalue weighted by molar-refractivity contribution is 5.79. The van der Waals surface area contributed by atoms with Crippen LogP contribution in [0.2, 0.25) is 0 Å². The van der Waals surface area contributed by atoms with E-state index in [1.165, 1.54) is 6.21 Å². The van der Waals surface area contributed by atoms with Crippen LogP contribution in [0.15, 0.2) is 29.4 Å². The van der Waals surface area contributed by atoms with Gasteiger partial charge < -0.3 is 5.21 Å². The second kappa shape index (κ2) is 4.91. The highest BCUT2D eigenvalue weighted by Gasteiger charge is 1.88. The van der Waals surface area contributed by atoms with Gasteiger partial charge in [0.1, 0.15) is 0 Å². The summed E-state index contributed by atoms with van der Waals surface area (Å²) in [4.78, 5) is 0. The number of benzene rings is 1. The molecule has 0 aliphatic heterocycles. The summed E-state index contributed by atoms with van der Waals surface area (Å²) in [6, 6.07) is 8.73. The van der Waals surface area contributed by atoms with Crippen molar-refractivity contribution in [3.05, 3.63) is 35.4 Å². The Labute approximate surface area is 71.6 Å². The van der Waals surface area contributed by atoms with Gasteiger partial charge in [-0.25, -0.2) is 0 Å². The lowest BCUT2D eigenvalue weighted by molar-refractivity contribution is 0.322. The topological polar surface area (TPSA) is 56.4 Å². The summed E-state index contributed by atoms with van der Waals surface area (Å²) in [5.41, 5.74) is 1.37. The van der Waals surface area contributed by atoms with Gasteiger partial charge in [0, 0.05) is 0 Å². The first-order valence-electron chi connectivity index (χ1n) is 3.04. The van der Waals surface area contributed by atoms with Crippen LogP contribution in [0.4, 0.5) is 0 Å². The van der Waals surface area contributed by atoms with Crippen molar-refractivity contribution in [2.24, 2.45) is 5.16 Å². The molecular formula is C9H10N2O. The average Bonchev–Trinajstić information content (AvgIpc) is 2.07. The largest absolute Gasteiger partial charge is 0.411 e. The summed E-state index contributed by atoms with van der Waals surface area (Å²) >= 11 is 0. The molecule has 1 aromatic carbocycles. The standard InChI is InChI=1S/C8H6N2O.CH4/c9-5-7-1-3-8(4-2-7)6-10-11;/h1-4,6,11H;1H4/b10-6+;. The van der Waals surface area contributed by atoms with E-state index in [4.69, 9.17) is 10.5 Å². The molecule has 1 rings (SSSR count). The van der Waals surface area contributed by atoms with Gasteiger partial charge in [-0.3, -0.25) is 0 Å². The van der Waals surface area contributed by atoms with Crippen molar-refractivity contribution in [1.29, 1.82) is 5.26 Å². The maximum atomic E-state index is 8.43. The van der Waals surface area contributed by atoms with Gasteiger partial charge in [0.05, 0.1) is 17.8 Å². The zero-order valence-corrected chi connectivity index (χ0v) is 5.73. The lowest BCUT2D eigenvalue weighted by Gasteiger charge is -1.89. The predicted octanol–water partition coefficient (Wildman–Crippen LogP) is 2.00. The fourth-order valence-corrected chi connectivity index (χ4v) is 0.710. The van der Waals surface area contributed by atoms with Crippen molar-refractivity contribution in [3.63, 3.8) is 0 Å². The highest BCUT2D eigenvalue weighted by atomic mass is 16.4. The van der Waals surface area contributed by atoms with Gasteiger partial charge in [-0.05, 0) is 17.7 Å². The van der Waals surface area contributed by atoms with Gasteiger partial charge in [0.2, 0.25) is 0 Å². The Kier molecular flexibility index (Phi) is 4.17. The molecule has 0 heterocycles. The minimum Gasteiger partial charge on any atom is -0.411 e. The quantitative estimate of drug-likeness (QED) is 0.390. The smallest absolute Gasteiger partial charge is 0.0991 e. The number of nitriles is 1. The lowest BCUT2D eigenvalue weighted by Crippen LogP contribution is -1.80.